The molecule has 98 valence electrons. The first-order valence-corrected chi connectivity index (χ1v) is 6.74. The molecule has 0 saturated heterocycles. The smallest absolute Gasteiger partial charge is 0.0298 e. The molecule has 0 saturated carbocycles. The van der Waals surface area contributed by atoms with Crippen LogP contribution in [-0.4, -0.2) is 6.04 Å². The van der Waals surface area contributed by atoms with Gasteiger partial charge in [-0.1, -0.05) is 49.4 Å². The molecule has 0 radical (unpaired) electrons. The van der Waals surface area contributed by atoms with Gasteiger partial charge in [-0.15, -0.1) is 6.58 Å². The molecule has 0 fully saturated rings. The summed E-state index contributed by atoms with van der Waals surface area (Å²) in [6.45, 7) is 12.3. The summed E-state index contributed by atoms with van der Waals surface area (Å²) in [6.07, 6.45) is 4.22. The van der Waals surface area contributed by atoms with Crippen molar-refractivity contribution < 1.29 is 0 Å². The minimum Gasteiger partial charge on any atom is -0.386 e. The third kappa shape index (κ3) is 5.72. The summed E-state index contributed by atoms with van der Waals surface area (Å²) in [4.78, 5) is 0. The van der Waals surface area contributed by atoms with Gasteiger partial charge in [-0.25, -0.2) is 0 Å². The normalized spacial score (nSPS) is 11.9. The maximum absolute atomic E-state index is 4.03. The van der Waals surface area contributed by atoms with Gasteiger partial charge in [-0.2, -0.15) is 0 Å². The van der Waals surface area contributed by atoms with Gasteiger partial charge in [0.05, 0.1) is 0 Å². The first-order valence-electron chi connectivity index (χ1n) is 6.74. The highest BCUT2D eigenvalue weighted by molar-refractivity contribution is 5.15. The summed E-state index contributed by atoms with van der Waals surface area (Å²) in [5, 5.41) is 3.51. The Kier molecular flexibility index (Phi) is 6.27. The van der Waals surface area contributed by atoms with Crippen molar-refractivity contribution in [1.82, 2.24) is 5.32 Å². The van der Waals surface area contributed by atoms with E-state index in [-0.39, 0.29) is 0 Å². The molecule has 1 rings (SSSR count). The van der Waals surface area contributed by atoms with E-state index in [9.17, 15) is 0 Å². The van der Waals surface area contributed by atoms with Crippen LogP contribution in [0.15, 0.2) is 54.8 Å². The van der Waals surface area contributed by atoms with Crippen molar-refractivity contribution in [2.24, 2.45) is 0 Å². The van der Waals surface area contributed by atoms with E-state index >= 15 is 0 Å². The van der Waals surface area contributed by atoms with E-state index in [4.69, 9.17) is 0 Å². The lowest BCUT2D eigenvalue weighted by Crippen LogP contribution is -2.28. The van der Waals surface area contributed by atoms with E-state index in [1.165, 1.54) is 11.1 Å². The maximum atomic E-state index is 4.03. The predicted octanol–water partition coefficient (Wildman–Crippen LogP) is 4.47. The van der Waals surface area contributed by atoms with E-state index in [0.717, 1.165) is 31.4 Å². The SMILES string of the molecule is C=C(C)CC(CCc1ccccc1)NC(=C)CC. The number of aryl methyl sites for hydroxylation is 1. The number of nitrogens with one attached hydrogen (secondary N) is 1. The molecule has 0 spiro atoms. The minimum atomic E-state index is 0.454. The standard InChI is InChI=1S/C17H25N/c1-5-15(4)18-17(13-14(2)3)12-11-16-9-7-6-8-10-16/h6-10,17-18H,2,4-5,11-13H2,1,3H3. The van der Waals surface area contributed by atoms with Crippen LogP contribution in [-0.2, 0) is 6.42 Å². The summed E-state index contributed by atoms with van der Waals surface area (Å²) in [5.74, 6) is 0. The zero-order chi connectivity index (χ0) is 13.4. The van der Waals surface area contributed by atoms with Crippen LogP contribution in [0.4, 0.5) is 0 Å². The molecule has 0 aliphatic carbocycles. The molecule has 0 bridgehead atoms. The van der Waals surface area contributed by atoms with E-state index in [1.807, 2.05) is 0 Å². The number of allylic oxidation sites excluding steroid dienone is 1. The van der Waals surface area contributed by atoms with Crippen LogP contribution in [0, 0.1) is 0 Å². The fourth-order valence-electron chi connectivity index (χ4n) is 2.02. The van der Waals surface area contributed by atoms with Gasteiger partial charge in [0.2, 0.25) is 0 Å². The monoisotopic (exact) mass is 243 g/mol. The average Bonchev–Trinajstić information content (AvgIpc) is 2.36. The molecule has 1 aromatic rings. The molecule has 0 heterocycles. The minimum absolute atomic E-state index is 0.454. The second-order valence-corrected chi connectivity index (χ2v) is 4.98. The summed E-state index contributed by atoms with van der Waals surface area (Å²) in [6, 6.07) is 11.1. The van der Waals surface area contributed by atoms with E-state index in [1.54, 1.807) is 0 Å². The van der Waals surface area contributed by atoms with Crippen LogP contribution >= 0.6 is 0 Å². The Hall–Kier alpha value is -1.50. The fourth-order valence-corrected chi connectivity index (χ4v) is 2.02. The van der Waals surface area contributed by atoms with Crippen LogP contribution in [0.3, 0.4) is 0 Å². The van der Waals surface area contributed by atoms with Gasteiger partial charge in [0.25, 0.3) is 0 Å². The molecule has 1 heteroatoms. The zero-order valence-corrected chi connectivity index (χ0v) is 11.7. The third-order valence-electron chi connectivity index (χ3n) is 3.05. The molecule has 0 aliphatic heterocycles. The lowest BCUT2D eigenvalue weighted by molar-refractivity contribution is 0.515. The Morgan fingerprint density at radius 1 is 1.22 bits per heavy atom. The van der Waals surface area contributed by atoms with Gasteiger partial charge in [0.1, 0.15) is 0 Å². The van der Waals surface area contributed by atoms with Crippen molar-refractivity contribution in [3.8, 4) is 0 Å². The Bertz CT molecular complexity index is 378. The first kappa shape index (κ1) is 14.6. The molecule has 0 aromatic heterocycles. The van der Waals surface area contributed by atoms with Crippen molar-refractivity contribution in [3.63, 3.8) is 0 Å². The topological polar surface area (TPSA) is 12.0 Å². The Balaban J connectivity index is 2.50. The molecule has 1 atom stereocenters. The Morgan fingerprint density at radius 2 is 1.89 bits per heavy atom. The number of benzene rings is 1. The quantitative estimate of drug-likeness (QED) is 0.664. The Labute approximate surface area is 112 Å². The molecule has 18 heavy (non-hydrogen) atoms. The van der Waals surface area contributed by atoms with Crippen molar-refractivity contribution >= 4 is 0 Å². The van der Waals surface area contributed by atoms with E-state index in [2.05, 4.69) is 62.7 Å². The number of hydrogen-bond acceptors (Lipinski definition) is 1. The van der Waals surface area contributed by atoms with Gasteiger partial charge >= 0.3 is 0 Å². The van der Waals surface area contributed by atoms with Crippen LogP contribution in [0.25, 0.3) is 0 Å². The van der Waals surface area contributed by atoms with Gasteiger partial charge < -0.3 is 5.32 Å². The average molecular weight is 243 g/mol. The lowest BCUT2D eigenvalue weighted by Gasteiger charge is -2.21. The molecule has 1 unspecified atom stereocenters. The van der Waals surface area contributed by atoms with Gasteiger partial charge in [-0.05, 0) is 38.2 Å². The lowest BCUT2D eigenvalue weighted by atomic mass is 10.00. The van der Waals surface area contributed by atoms with E-state index in [0.29, 0.717) is 6.04 Å². The van der Waals surface area contributed by atoms with Crippen molar-refractivity contribution in [1.29, 1.82) is 0 Å². The molecular weight excluding hydrogens is 218 g/mol. The summed E-state index contributed by atoms with van der Waals surface area (Å²) in [7, 11) is 0. The van der Waals surface area contributed by atoms with Crippen molar-refractivity contribution in [3.05, 3.63) is 60.3 Å². The van der Waals surface area contributed by atoms with E-state index < -0.39 is 0 Å². The highest BCUT2D eigenvalue weighted by atomic mass is 14.9. The van der Waals surface area contributed by atoms with Crippen LogP contribution in [0.5, 0.6) is 0 Å². The van der Waals surface area contributed by atoms with Crippen LogP contribution < -0.4 is 5.32 Å². The highest BCUT2D eigenvalue weighted by Gasteiger charge is 2.09. The molecular formula is C17H25N. The molecule has 0 amide bonds. The fraction of sp³-hybridized carbons (Fsp3) is 0.412. The molecule has 0 aliphatic rings. The summed E-state index contributed by atoms with van der Waals surface area (Å²) in [5.41, 5.74) is 3.74. The van der Waals surface area contributed by atoms with Crippen molar-refractivity contribution in [2.45, 2.75) is 45.6 Å². The maximum Gasteiger partial charge on any atom is 0.0298 e. The largest absolute Gasteiger partial charge is 0.386 e. The number of hydrogen-bond donors (Lipinski definition) is 1. The van der Waals surface area contributed by atoms with Crippen LogP contribution in [0.2, 0.25) is 0 Å². The molecule has 1 nitrogen and oxygen atoms in total. The second-order valence-electron chi connectivity index (χ2n) is 4.98. The molecule has 1 aromatic carbocycles. The van der Waals surface area contributed by atoms with Gasteiger partial charge in [-0.3, -0.25) is 0 Å². The zero-order valence-electron chi connectivity index (χ0n) is 11.7. The second kappa shape index (κ2) is 7.75. The summed E-state index contributed by atoms with van der Waals surface area (Å²) >= 11 is 0. The Morgan fingerprint density at radius 3 is 2.44 bits per heavy atom. The van der Waals surface area contributed by atoms with Gasteiger partial charge in [0.15, 0.2) is 0 Å². The predicted molar refractivity (Wildman–Crippen MR) is 80.5 cm³/mol. The highest BCUT2D eigenvalue weighted by Crippen LogP contribution is 2.12. The molecule has 1 N–H and O–H groups in total. The number of rotatable bonds is 8. The van der Waals surface area contributed by atoms with Crippen molar-refractivity contribution in [2.75, 3.05) is 0 Å². The third-order valence-corrected chi connectivity index (χ3v) is 3.05. The first-order chi connectivity index (χ1) is 8.61. The summed E-state index contributed by atoms with van der Waals surface area (Å²) < 4.78 is 0. The van der Waals surface area contributed by atoms with Gasteiger partial charge in [0, 0.05) is 11.7 Å². The van der Waals surface area contributed by atoms with Crippen LogP contribution in [0.1, 0.15) is 38.7 Å².